The van der Waals surface area contributed by atoms with E-state index in [-0.39, 0.29) is 94.2 Å². The molecule has 14 aromatic heterocycles. The highest BCUT2D eigenvalue weighted by molar-refractivity contribution is 9.10. The number of nitrogens with one attached hydrogen (secondary N) is 1. The first-order valence-electron chi connectivity index (χ1n) is 43.9. The van der Waals surface area contributed by atoms with Gasteiger partial charge in [0.1, 0.15) is 90.2 Å². The number of fused-ring (bicyclic) bond motifs is 7. The standard InChI is InChI=1S/C24H27Cl2N5O2SSi.C18H13Cl2N5O2S.C18H12ClN5O2S.C14H15N3S.C11H7BrN2S.C9H7Br.C5HCl3N2O/c1-24(2,3)35(4,5)33-12-11-30(22(32)19-20(25)28-15-29-21(19)26)17-6-7-18-16(14-17)8-10-31(18)23-27-9-13-34-23;19-15-14(16(20)23-10-22-15)17(27)24(6-7-26)12-1-2-13-11(9-12)3-5-25(13)18-21-4-8-28-18;19-15-14-16(22-10-21-15)26-7-6-23(17(14)25)12-1-2-13-11(9-12)3-5-24(13)18-20-4-8-27-18;1-2-6-15-12-3-4-13-11(10-12)5-8-17(13)14-16-7-9-18-14;12-9-1-2-10-8(7-9)3-5-14(10)11-13-4-6-15-11;10-9-5-4-7-2-1-3-8(7)6-9;6-3-2(5(8)11)4(7)10-1-9-3/h6-10,13-15H,11-12H2,1-5H3;1-5,8-10,26H,6-7H2;1-5,8-10H,6-7H2;3-5,7-10,15H,2,6H2,1H3;1-7H;1,3-6H,2H2;1H. The monoisotopic (exact) mass is 2320 g/mol. The van der Waals surface area contributed by atoms with E-state index in [2.05, 4.69) is 237 Å². The first-order chi connectivity index (χ1) is 69.5. The molecule has 45 heteroatoms. The van der Waals surface area contributed by atoms with Crippen molar-refractivity contribution < 1.29 is 33.4 Å². The number of anilines is 4. The molecule has 1 aliphatic heterocycles. The number of aliphatic hydroxyl groups excluding tert-OH is 1. The Morgan fingerprint density at radius 3 is 1.31 bits per heavy atom. The number of hydrogen-bond acceptors (Lipinski definition) is 26. The fourth-order valence-electron chi connectivity index (χ4n) is 14.8. The third kappa shape index (κ3) is 24.7. The minimum Gasteiger partial charge on any atom is -0.475 e. The van der Waals surface area contributed by atoms with Gasteiger partial charge in [0, 0.05) is 167 Å². The van der Waals surface area contributed by atoms with Crippen molar-refractivity contribution in [1.82, 2.24) is 87.6 Å². The van der Waals surface area contributed by atoms with Crippen molar-refractivity contribution in [2.24, 2.45) is 0 Å². The number of carbonyl (C=O) groups excluding carboxylic acids is 4. The summed E-state index contributed by atoms with van der Waals surface area (Å²) in [7, 11) is -2.00. The van der Waals surface area contributed by atoms with Crippen LogP contribution in [0.1, 0.15) is 86.7 Å². The van der Waals surface area contributed by atoms with Crippen molar-refractivity contribution in [1.29, 1.82) is 0 Å². The number of hydrogen-bond donors (Lipinski definition) is 2. The summed E-state index contributed by atoms with van der Waals surface area (Å²) in [6.45, 7) is 15.4. The first kappa shape index (κ1) is 105. The van der Waals surface area contributed by atoms with Gasteiger partial charge in [-0.1, -0.05) is 159 Å². The zero-order chi connectivity index (χ0) is 101. The Kier molecular flexibility index (Phi) is 35.1. The van der Waals surface area contributed by atoms with Gasteiger partial charge in [0.15, 0.2) is 34.0 Å². The predicted molar refractivity (Wildman–Crippen MR) is 592 cm³/mol. The van der Waals surface area contributed by atoms with E-state index >= 15 is 0 Å². The van der Waals surface area contributed by atoms with Crippen molar-refractivity contribution in [2.45, 2.75) is 58.7 Å². The second kappa shape index (κ2) is 48.1. The summed E-state index contributed by atoms with van der Waals surface area (Å²) in [6.07, 6.45) is 30.4. The molecule has 0 unspecified atom stereocenters. The molecule has 6 aromatic carbocycles. The minimum atomic E-state index is -2.00. The summed E-state index contributed by atoms with van der Waals surface area (Å²) in [5.41, 5.74) is 11.6. The molecule has 20 aromatic rings. The summed E-state index contributed by atoms with van der Waals surface area (Å²) < 4.78 is 24.5. The zero-order valence-electron chi connectivity index (χ0n) is 76.9. The number of rotatable bonds is 20. The van der Waals surface area contributed by atoms with Gasteiger partial charge in [-0.2, -0.15) is 0 Å². The molecular weight excluding hydrogens is 2240 g/mol. The van der Waals surface area contributed by atoms with Gasteiger partial charge in [0.2, 0.25) is 5.88 Å². The van der Waals surface area contributed by atoms with E-state index in [1.165, 1.54) is 73.8 Å². The van der Waals surface area contributed by atoms with Crippen LogP contribution in [0.15, 0.2) is 269 Å². The smallest absolute Gasteiger partial charge is 0.267 e. The Hall–Kier alpha value is -11.7. The highest BCUT2D eigenvalue weighted by atomic mass is 79.9. The Balaban J connectivity index is 0.000000125. The highest BCUT2D eigenvalue weighted by Gasteiger charge is 2.38. The van der Waals surface area contributed by atoms with Crippen LogP contribution in [0.4, 0.5) is 22.7 Å². The molecular formula is C99H82Br2Cl8N22O7S5Si. The molecule has 0 spiro atoms. The van der Waals surface area contributed by atoms with E-state index in [4.69, 9.17) is 102 Å². The SMILES string of the molecule is Brc1ccc2c(c1)C=CC2.Brc1ccc2c(ccn2-c2nccs2)c1.CC(C)(C)[Si](C)(C)OCCN(C(=O)c1c(Cl)ncnc1Cl)c1ccc2c(ccn2-c2nccs2)c1.CCCNc1ccc2c(ccn2-c2nccs2)c1.O=C(Cl)c1c(Cl)ncnc1Cl.O=C(c1c(Cl)ncnc1Cl)N(CCO)c1ccc2c(ccn2-c2nccs2)c1.O=C1c2c(Cl)ncnc2OCCN1c1ccc2c(ccn2-c2nccs2)c1. The maximum absolute atomic E-state index is 13.7. The molecule has 29 nitrogen and oxygen atoms in total. The molecule has 0 saturated heterocycles. The number of allylic oxidation sites excluding steroid dienone is 1. The second-order valence-corrected chi connectivity index (χ2v) is 46.6. The Labute approximate surface area is 902 Å². The molecule has 0 fully saturated rings. The normalized spacial score (nSPS) is 12.0. The highest BCUT2D eigenvalue weighted by Crippen LogP contribution is 2.40. The minimum absolute atomic E-state index is 0.000244. The number of amides is 3. The average Bonchev–Trinajstić information content (AvgIpc) is 1.73. The Morgan fingerprint density at radius 1 is 0.486 bits per heavy atom. The zero-order valence-corrected chi connectivity index (χ0v) is 91.2. The number of aromatic nitrogens is 18. The summed E-state index contributed by atoms with van der Waals surface area (Å²) in [6, 6.07) is 46.6. The van der Waals surface area contributed by atoms with Crippen molar-refractivity contribution >= 4 is 296 Å². The lowest BCUT2D eigenvalue weighted by molar-refractivity contribution is 0.0973. The third-order valence-electron chi connectivity index (χ3n) is 22.8. The van der Waals surface area contributed by atoms with Crippen LogP contribution in [-0.2, 0) is 10.8 Å². The number of halogens is 10. The van der Waals surface area contributed by atoms with Gasteiger partial charge in [-0.3, -0.25) is 42.0 Å². The van der Waals surface area contributed by atoms with Crippen molar-refractivity contribution in [3.8, 4) is 31.5 Å². The molecule has 0 radical (unpaired) electrons. The second-order valence-electron chi connectivity index (χ2n) is 32.7. The van der Waals surface area contributed by atoms with Crippen LogP contribution >= 0.6 is 181 Å². The molecule has 1 aliphatic carbocycles. The van der Waals surface area contributed by atoms with Crippen LogP contribution in [0.2, 0.25) is 54.2 Å². The Bertz CT molecular complexity index is 7910. The maximum atomic E-state index is 13.7. The van der Waals surface area contributed by atoms with Crippen LogP contribution in [0, 0.1) is 0 Å². The van der Waals surface area contributed by atoms with E-state index in [1.54, 1.807) is 79.8 Å². The fourth-order valence-corrected chi connectivity index (χ4v) is 21.7. The lowest BCUT2D eigenvalue weighted by atomic mass is 10.1. The molecule has 734 valence electrons. The summed E-state index contributed by atoms with van der Waals surface area (Å²) >= 11 is 61.7. The quantitative estimate of drug-likeness (QED) is 0.0407. The molecule has 0 saturated carbocycles. The van der Waals surface area contributed by atoms with Gasteiger partial charge in [0.25, 0.3) is 23.0 Å². The van der Waals surface area contributed by atoms with E-state index in [1.807, 2.05) is 144 Å². The summed E-state index contributed by atoms with van der Waals surface area (Å²) in [5.74, 6) is -0.910. The molecule has 22 rings (SSSR count). The third-order valence-corrected chi connectivity index (χ3v) is 34.4. The molecule has 2 N–H and O–H groups in total. The van der Waals surface area contributed by atoms with Gasteiger partial charge in [-0.05, 0) is 187 Å². The molecule has 0 bridgehead atoms. The van der Waals surface area contributed by atoms with Crippen LogP contribution in [0.5, 0.6) is 5.88 Å². The van der Waals surface area contributed by atoms with Gasteiger partial charge in [0.05, 0.1) is 47.3 Å². The van der Waals surface area contributed by atoms with Crippen LogP contribution in [0.3, 0.4) is 0 Å². The van der Waals surface area contributed by atoms with Gasteiger partial charge < -0.3 is 34.3 Å². The number of ether oxygens (including phenoxy) is 1. The van der Waals surface area contributed by atoms with Gasteiger partial charge in [-0.15, -0.1) is 56.7 Å². The number of carbonyl (C=O) groups is 4. The number of thiazole rings is 5. The number of benzene rings is 6. The molecule has 3 amide bonds. The van der Waals surface area contributed by atoms with Crippen LogP contribution in [0.25, 0.3) is 86.2 Å². The summed E-state index contributed by atoms with van der Waals surface area (Å²) in [5, 5.41) is 31.9. The largest absolute Gasteiger partial charge is 0.475 e. The van der Waals surface area contributed by atoms with Gasteiger partial charge in [-0.25, -0.2) is 64.8 Å². The average molecular weight is 2320 g/mol. The maximum Gasteiger partial charge on any atom is 0.267 e. The van der Waals surface area contributed by atoms with Crippen LogP contribution in [-0.4, -0.2) is 170 Å². The van der Waals surface area contributed by atoms with Crippen molar-refractivity contribution in [3.05, 3.63) is 338 Å². The van der Waals surface area contributed by atoms with Gasteiger partial charge >= 0.3 is 0 Å². The van der Waals surface area contributed by atoms with E-state index in [0.29, 0.717) is 37.7 Å². The topological polar surface area (TPSA) is 321 Å². The van der Waals surface area contributed by atoms with Crippen molar-refractivity contribution in [3.63, 3.8) is 0 Å². The van der Waals surface area contributed by atoms with E-state index in [0.717, 1.165) is 98.7 Å². The van der Waals surface area contributed by atoms with Crippen molar-refractivity contribution in [2.75, 3.05) is 66.0 Å². The lowest BCUT2D eigenvalue weighted by Crippen LogP contribution is -2.43. The predicted octanol–water partition coefficient (Wildman–Crippen LogP) is 27.2. The molecule has 15 heterocycles. The number of nitrogens with zero attached hydrogens (tertiary/aromatic N) is 21. The van der Waals surface area contributed by atoms with E-state index < -0.39 is 19.5 Å². The fraction of sp³-hybridized carbons (Fsp3) is 0.162. The summed E-state index contributed by atoms with van der Waals surface area (Å²) in [4.78, 5) is 107. The Morgan fingerprint density at radius 2 is 0.882 bits per heavy atom. The molecule has 2 aliphatic rings. The lowest BCUT2D eigenvalue weighted by Gasteiger charge is -2.37. The number of aliphatic hydroxyl groups is 1. The van der Waals surface area contributed by atoms with Crippen LogP contribution < -0.4 is 24.8 Å². The molecule has 0 atom stereocenters. The molecule has 144 heavy (non-hydrogen) atoms. The van der Waals surface area contributed by atoms with E-state index in [9.17, 15) is 24.3 Å². The first-order valence-corrected chi connectivity index (χ1v) is 55.9.